The minimum Gasteiger partial charge on any atom is -0.312 e. The lowest BCUT2D eigenvalue weighted by molar-refractivity contribution is -0.136. The largest absolute Gasteiger partial charge is 0.312 e. The van der Waals surface area contributed by atoms with Crippen molar-refractivity contribution in [3.8, 4) is 0 Å². The molecule has 2 unspecified atom stereocenters. The number of imide groups is 2. The summed E-state index contributed by atoms with van der Waals surface area (Å²) in [6.45, 7) is 1.78. The molecule has 1 aromatic rings. The second-order valence-corrected chi connectivity index (χ2v) is 9.29. The molecule has 0 aromatic heterocycles. The van der Waals surface area contributed by atoms with Crippen LogP contribution in [0.2, 0.25) is 0 Å². The van der Waals surface area contributed by atoms with E-state index in [2.05, 4.69) is 22.6 Å². The third kappa shape index (κ3) is 3.38. The fraction of sp³-hybridized carbons (Fsp3) is 0.565. The van der Waals surface area contributed by atoms with E-state index < -0.39 is 23.8 Å². The number of fused-ring (bicyclic) bond motifs is 1. The van der Waals surface area contributed by atoms with Gasteiger partial charge in [0.1, 0.15) is 6.04 Å². The number of benzene rings is 1. The normalized spacial score (nSPS) is 27.5. The summed E-state index contributed by atoms with van der Waals surface area (Å²) in [7, 11) is 2.14. The van der Waals surface area contributed by atoms with E-state index in [1.54, 1.807) is 12.1 Å². The Morgan fingerprint density at radius 1 is 1.06 bits per heavy atom. The highest BCUT2D eigenvalue weighted by Gasteiger charge is 2.52. The molecule has 8 heteroatoms. The van der Waals surface area contributed by atoms with Crippen molar-refractivity contribution in [2.45, 2.75) is 69.1 Å². The van der Waals surface area contributed by atoms with Gasteiger partial charge in [0.05, 0.1) is 11.1 Å². The second kappa shape index (κ2) is 7.53. The summed E-state index contributed by atoms with van der Waals surface area (Å²) < 4.78 is 0. The third-order valence-corrected chi connectivity index (χ3v) is 7.41. The highest BCUT2D eigenvalue weighted by atomic mass is 16.2. The zero-order valence-corrected chi connectivity index (χ0v) is 17.8. The Kier molecular flexibility index (Phi) is 4.94. The molecule has 2 saturated heterocycles. The van der Waals surface area contributed by atoms with Crippen LogP contribution in [0.5, 0.6) is 0 Å². The first-order chi connectivity index (χ1) is 14.9. The van der Waals surface area contributed by atoms with Crippen molar-refractivity contribution in [2.75, 3.05) is 13.6 Å². The molecule has 3 heterocycles. The minimum atomic E-state index is -0.927. The first kappa shape index (κ1) is 20.3. The van der Waals surface area contributed by atoms with Gasteiger partial charge >= 0.3 is 0 Å². The number of amides is 4. The molecule has 5 rings (SSSR count). The first-order valence-corrected chi connectivity index (χ1v) is 11.2. The maximum Gasteiger partial charge on any atom is 0.262 e. The molecule has 3 fully saturated rings. The topological polar surface area (TPSA) is 98.8 Å². The van der Waals surface area contributed by atoms with Crippen LogP contribution >= 0.6 is 0 Å². The van der Waals surface area contributed by atoms with Gasteiger partial charge in [-0.3, -0.25) is 34.3 Å². The standard InChI is InChI=1S/C23H28N4O4/c1-26(23(9-10-23)18-4-2-3-11-24-18)13-14-5-6-15-16(12-14)22(31)27(21(15)30)17-7-8-19(28)25-20(17)29/h5-6,12,17-18,24H,2-4,7-11,13H2,1H3,(H,25,28,29). The number of carbonyl (C=O) groups excluding carboxylic acids is 4. The number of hydrogen-bond acceptors (Lipinski definition) is 6. The SMILES string of the molecule is CN(Cc1ccc2c(c1)C(=O)N(C1CCC(=O)NC1=O)C2=O)C1(C2CCCCN2)CC1. The minimum absolute atomic E-state index is 0.122. The van der Waals surface area contributed by atoms with Crippen molar-refractivity contribution in [1.82, 2.24) is 20.4 Å². The summed E-state index contributed by atoms with van der Waals surface area (Å²) in [5, 5.41) is 5.91. The Balaban J connectivity index is 1.33. The van der Waals surface area contributed by atoms with Gasteiger partial charge in [0.2, 0.25) is 11.8 Å². The Morgan fingerprint density at radius 3 is 2.52 bits per heavy atom. The van der Waals surface area contributed by atoms with E-state index in [0.29, 0.717) is 23.7 Å². The van der Waals surface area contributed by atoms with Crippen molar-refractivity contribution in [3.05, 3.63) is 34.9 Å². The van der Waals surface area contributed by atoms with Crippen molar-refractivity contribution >= 4 is 23.6 Å². The second-order valence-electron chi connectivity index (χ2n) is 9.29. The van der Waals surface area contributed by atoms with Gasteiger partial charge in [-0.25, -0.2) is 0 Å². The summed E-state index contributed by atoms with van der Waals surface area (Å²) >= 11 is 0. The molecular weight excluding hydrogens is 396 g/mol. The fourth-order valence-corrected chi connectivity index (χ4v) is 5.48. The van der Waals surface area contributed by atoms with Gasteiger partial charge < -0.3 is 5.32 Å². The smallest absolute Gasteiger partial charge is 0.262 e. The zero-order valence-electron chi connectivity index (χ0n) is 17.8. The molecular formula is C23H28N4O4. The Labute approximate surface area is 181 Å². The van der Waals surface area contributed by atoms with Gasteiger partial charge in [0.15, 0.2) is 0 Å². The number of rotatable bonds is 5. The average molecular weight is 425 g/mol. The molecule has 1 aliphatic carbocycles. The van der Waals surface area contributed by atoms with Gasteiger partial charge in [-0.05, 0) is 63.4 Å². The van der Waals surface area contributed by atoms with Crippen molar-refractivity contribution in [2.24, 2.45) is 0 Å². The van der Waals surface area contributed by atoms with Gasteiger partial charge in [0.25, 0.3) is 11.8 Å². The number of piperidine rings is 2. The summed E-state index contributed by atoms with van der Waals surface area (Å²) in [5.41, 5.74) is 1.84. The summed E-state index contributed by atoms with van der Waals surface area (Å²) in [6.07, 6.45) is 6.33. The van der Waals surface area contributed by atoms with Crippen molar-refractivity contribution in [1.29, 1.82) is 0 Å². The molecule has 1 saturated carbocycles. The summed E-state index contributed by atoms with van der Waals surface area (Å²) in [4.78, 5) is 53.0. The number of carbonyl (C=O) groups is 4. The number of likely N-dealkylation sites (N-methyl/N-ethyl adjacent to an activating group) is 1. The predicted octanol–water partition coefficient (Wildman–Crippen LogP) is 1.19. The van der Waals surface area contributed by atoms with E-state index >= 15 is 0 Å². The molecule has 2 N–H and O–H groups in total. The number of nitrogens with zero attached hydrogens (tertiary/aromatic N) is 2. The average Bonchev–Trinajstić information content (AvgIpc) is 3.54. The summed E-state index contributed by atoms with van der Waals surface area (Å²) in [5.74, 6) is -1.86. The van der Waals surface area contributed by atoms with Gasteiger partial charge in [-0.2, -0.15) is 0 Å². The molecule has 0 radical (unpaired) electrons. The maximum absolute atomic E-state index is 13.0. The quantitative estimate of drug-likeness (QED) is 0.689. The first-order valence-electron chi connectivity index (χ1n) is 11.2. The van der Waals surface area contributed by atoms with Crippen molar-refractivity contribution in [3.63, 3.8) is 0 Å². The molecule has 8 nitrogen and oxygen atoms in total. The van der Waals surface area contributed by atoms with Crippen LogP contribution in [-0.2, 0) is 16.1 Å². The molecule has 2 atom stereocenters. The molecule has 164 valence electrons. The van der Waals surface area contributed by atoms with Crippen LogP contribution in [0.25, 0.3) is 0 Å². The molecule has 31 heavy (non-hydrogen) atoms. The molecule has 0 spiro atoms. The van der Waals surface area contributed by atoms with Crippen LogP contribution in [0, 0.1) is 0 Å². The monoisotopic (exact) mass is 424 g/mol. The Bertz CT molecular complexity index is 964. The van der Waals surface area contributed by atoms with E-state index in [1.165, 1.54) is 32.1 Å². The van der Waals surface area contributed by atoms with Crippen LogP contribution in [0.1, 0.15) is 71.2 Å². The highest BCUT2D eigenvalue weighted by molar-refractivity contribution is 6.23. The van der Waals surface area contributed by atoms with Gasteiger partial charge in [-0.1, -0.05) is 12.5 Å². The van der Waals surface area contributed by atoms with Gasteiger partial charge in [-0.15, -0.1) is 0 Å². The van der Waals surface area contributed by atoms with E-state index in [4.69, 9.17) is 0 Å². The lowest BCUT2D eigenvalue weighted by atomic mass is 9.94. The Hall–Kier alpha value is -2.58. The van der Waals surface area contributed by atoms with E-state index in [-0.39, 0.29) is 24.3 Å². The highest BCUT2D eigenvalue weighted by Crippen LogP contribution is 2.46. The van der Waals surface area contributed by atoms with Crippen molar-refractivity contribution < 1.29 is 19.2 Å². The number of nitrogens with one attached hydrogen (secondary N) is 2. The van der Waals surface area contributed by atoms with Crippen LogP contribution in [-0.4, -0.2) is 64.6 Å². The van der Waals surface area contributed by atoms with Crippen LogP contribution in [0.4, 0.5) is 0 Å². The third-order valence-electron chi connectivity index (χ3n) is 7.41. The maximum atomic E-state index is 13.0. The molecule has 0 bridgehead atoms. The number of hydrogen-bond donors (Lipinski definition) is 2. The fourth-order valence-electron chi connectivity index (χ4n) is 5.48. The van der Waals surface area contributed by atoms with E-state index in [1.807, 2.05) is 6.07 Å². The summed E-state index contributed by atoms with van der Waals surface area (Å²) in [6, 6.07) is 4.97. The molecule has 4 amide bonds. The van der Waals surface area contributed by atoms with E-state index in [9.17, 15) is 19.2 Å². The molecule has 1 aromatic carbocycles. The van der Waals surface area contributed by atoms with Crippen LogP contribution in [0.15, 0.2) is 18.2 Å². The van der Waals surface area contributed by atoms with Crippen LogP contribution in [0.3, 0.4) is 0 Å². The van der Waals surface area contributed by atoms with E-state index in [0.717, 1.165) is 17.0 Å². The lowest BCUT2D eigenvalue weighted by Crippen LogP contribution is -2.54. The Morgan fingerprint density at radius 2 is 1.84 bits per heavy atom. The molecule has 4 aliphatic rings. The molecule has 3 aliphatic heterocycles. The predicted molar refractivity (Wildman–Crippen MR) is 112 cm³/mol. The lowest BCUT2D eigenvalue weighted by Gasteiger charge is -2.38. The zero-order chi connectivity index (χ0) is 21.8. The van der Waals surface area contributed by atoms with Crippen LogP contribution < -0.4 is 10.6 Å². The van der Waals surface area contributed by atoms with Gasteiger partial charge in [0, 0.05) is 24.5 Å².